The maximum absolute atomic E-state index is 12.5. The average Bonchev–Trinajstić information content (AvgIpc) is 2.78. The minimum absolute atomic E-state index is 0.219. The van der Waals surface area contributed by atoms with E-state index >= 15 is 0 Å². The summed E-state index contributed by atoms with van der Waals surface area (Å²) in [5.74, 6) is 0.219. The van der Waals surface area contributed by atoms with Crippen molar-refractivity contribution in [2.24, 2.45) is 0 Å². The van der Waals surface area contributed by atoms with Crippen molar-refractivity contribution in [3.8, 4) is 0 Å². The van der Waals surface area contributed by atoms with Crippen molar-refractivity contribution >= 4 is 11.6 Å². The summed E-state index contributed by atoms with van der Waals surface area (Å²) < 4.78 is 0. The number of rotatable bonds is 2. The fraction of sp³-hybridized carbons (Fsp3) is 0.562. The fourth-order valence-corrected chi connectivity index (χ4v) is 3.40. The first kappa shape index (κ1) is 13.4. The lowest BCUT2D eigenvalue weighted by atomic mass is 10.1. The summed E-state index contributed by atoms with van der Waals surface area (Å²) in [6.07, 6.45) is 4.03. The first-order valence-electron chi connectivity index (χ1n) is 7.59. The minimum atomic E-state index is 0.219. The number of nitrogens with zero attached hydrogens (tertiary/aromatic N) is 2. The zero-order chi connectivity index (χ0) is 13.9. The number of anilines is 1. The molecule has 4 heteroatoms. The first-order valence-corrected chi connectivity index (χ1v) is 7.59. The normalized spacial score (nSPS) is 23.4. The van der Waals surface area contributed by atoms with Gasteiger partial charge in [0, 0.05) is 31.4 Å². The van der Waals surface area contributed by atoms with Gasteiger partial charge in [-0.1, -0.05) is 18.2 Å². The van der Waals surface area contributed by atoms with E-state index in [-0.39, 0.29) is 5.91 Å². The van der Waals surface area contributed by atoms with Crippen LogP contribution in [0.15, 0.2) is 24.3 Å². The van der Waals surface area contributed by atoms with Crippen LogP contribution >= 0.6 is 0 Å². The number of hydrogen-bond donors (Lipinski definition) is 1. The molecule has 2 aliphatic heterocycles. The summed E-state index contributed by atoms with van der Waals surface area (Å²) in [5, 5.41) is 0. The van der Waals surface area contributed by atoms with Gasteiger partial charge in [0.2, 0.25) is 5.91 Å². The lowest BCUT2D eigenvalue weighted by Gasteiger charge is -2.26. The Balaban J connectivity index is 1.66. The van der Waals surface area contributed by atoms with Crippen molar-refractivity contribution in [2.75, 3.05) is 31.9 Å². The molecule has 0 saturated carbocycles. The second-order valence-electron chi connectivity index (χ2n) is 5.90. The number of benzene rings is 1. The van der Waals surface area contributed by atoms with Crippen molar-refractivity contribution in [1.82, 2.24) is 9.80 Å². The zero-order valence-electron chi connectivity index (χ0n) is 11.9. The number of nitrogens with two attached hydrogens (primary N) is 1. The molecule has 0 spiro atoms. The van der Waals surface area contributed by atoms with Crippen LogP contribution < -0.4 is 5.73 Å². The molecule has 2 saturated heterocycles. The Bertz CT molecular complexity index is 488. The molecule has 2 heterocycles. The topological polar surface area (TPSA) is 49.6 Å². The molecular weight excluding hydrogens is 250 g/mol. The highest BCUT2D eigenvalue weighted by molar-refractivity contribution is 5.80. The number of carbonyl (C=O) groups is 1. The highest BCUT2D eigenvalue weighted by Gasteiger charge is 2.30. The van der Waals surface area contributed by atoms with Crippen LogP contribution in [0.5, 0.6) is 0 Å². The fourth-order valence-electron chi connectivity index (χ4n) is 3.40. The van der Waals surface area contributed by atoms with E-state index in [1.54, 1.807) is 0 Å². The van der Waals surface area contributed by atoms with E-state index in [9.17, 15) is 4.79 Å². The number of carbonyl (C=O) groups excluding carboxylic acids is 1. The summed E-state index contributed by atoms with van der Waals surface area (Å²) >= 11 is 0. The van der Waals surface area contributed by atoms with Gasteiger partial charge in [0.25, 0.3) is 0 Å². The quantitative estimate of drug-likeness (QED) is 0.831. The summed E-state index contributed by atoms with van der Waals surface area (Å²) in [6, 6.07) is 8.25. The smallest absolute Gasteiger partial charge is 0.227 e. The van der Waals surface area contributed by atoms with E-state index in [1.165, 1.54) is 19.4 Å². The predicted molar refractivity (Wildman–Crippen MR) is 80.4 cm³/mol. The third-order valence-corrected chi connectivity index (χ3v) is 4.55. The van der Waals surface area contributed by atoms with Crippen LogP contribution in [0.2, 0.25) is 0 Å². The van der Waals surface area contributed by atoms with E-state index in [4.69, 9.17) is 5.73 Å². The van der Waals surface area contributed by atoms with Crippen LogP contribution in [0.3, 0.4) is 0 Å². The summed E-state index contributed by atoms with van der Waals surface area (Å²) in [4.78, 5) is 17.1. The Hall–Kier alpha value is -1.55. The van der Waals surface area contributed by atoms with Gasteiger partial charge in [0.1, 0.15) is 0 Å². The maximum Gasteiger partial charge on any atom is 0.227 e. The Morgan fingerprint density at radius 2 is 2.00 bits per heavy atom. The van der Waals surface area contributed by atoms with Gasteiger partial charge in [0.05, 0.1) is 6.42 Å². The van der Waals surface area contributed by atoms with E-state index in [1.807, 2.05) is 29.2 Å². The van der Waals surface area contributed by atoms with Crippen LogP contribution in [-0.2, 0) is 11.2 Å². The van der Waals surface area contributed by atoms with Crippen molar-refractivity contribution in [2.45, 2.75) is 31.7 Å². The Morgan fingerprint density at radius 3 is 2.85 bits per heavy atom. The second kappa shape index (κ2) is 5.83. The number of para-hydroxylation sites is 1. The van der Waals surface area contributed by atoms with Crippen molar-refractivity contribution in [3.05, 3.63) is 29.8 Å². The first-order chi connectivity index (χ1) is 9.74. The monoisotopic (exact) mass is 273 g/mol. The van der Waals surface area contributed by atoms with Gasteiger partial charge in [-0.2, -0.15) is 0 Å². The van der Waals surface area contributed by atoms with Gasteiger partial charge < -0.3 is 10.6 Å². The number of hydrogen-bond acceptors (Lipinski definition) is 3. The number of amides is 1. The van der Waals surface area contributed by atoms with Crippen LogP contribution in [0, 0.1) is 0 Å². The molecule has 3 rings (SSSR count). The Morgan fingerprint density at radius 1 is 1.20 bits per heavy atom. The molecule has 108 valence electrons. The molecule has 1 unspecified atom stereocenters. The molecule has 2 aliphatic rings. The molecule has 1 aromatic rings. The number of fused-ring (bicyclic) bond motifs is 1. The molecule has 1 atom stereocenters. The van der Waals surface area contributed by atoms with Gasteiger partial charge in [-0.3, -0.25) is 9.69 Å². The molecule has 0 aromatic heterocycles. The van der Waals surface area contributed by atoms with Crippen LogP contribution in [-0.4, -0.2) is 47.9 Å². The van der Waals surface area contributed by atoms with Gasteiger partial charge in [-0.25, -0.2) is 0 Å². The minimum Gasteiger partial charge on any atom is -0.398 e. The Kier molecular flexibility index (Phi) is 3.92. The van der Waals surface area contributed by atoms with E-state index in [0.717, 1.165) is 37.3 Å². The van der Waals surface area contributed by atoms with Crippen LogP contribution in [0.4, 0.5) is 5.69 Å². The molecule has 4 nitrogen and oxygen atoms in total. The van der Waals surface area contributed by atoms with Crippen LogP contribution in [0.25, 0.3) is 0 Å². The number of nitrogen functional groups attached to an aromatic ring is 1. The van der Waals surface area contributed by atoms with Gasteiger partial charge >= 0.3 is 0 Å². The maximum atomic E-state index is 12.5. The zero-order valence-corrected chi connectivity index (χ0v) is 11.9. The van der Waals surface area contributed by atoms with Crippen LogP contribution in [0.1, 0.15) is 24.8 Å². The molecule has 1 amide bonds. The van der Waals surface area contributed by atoms with Crippen molar-refractivity contribution in [3.63, 3.8) is 0 Å². The average molecular weight is 273 g/mol. The molecule has 0 aliphatic carbocycles. The summed E-state index contributed by atoms with van der Waals surface area (Å²) in [5.41, 5.74) is 7.61. The van der Waals surface area contributed by atoms with E-state index in [0.29, 0.717) is 12.5 Å². The summed E-state index contributed by atoms with van der Waals surface area (Å²) in [6.45, 7) is 4.13. The molecule has 0 radical (unpaired) electrons. The Labute approximate surface area is 120 Å². The standard InChI is InChI=1S/C16H23N3O/c17-15-7-2-1-5-13(15)11-16(20)19-10-4-9-18-8-3-6-14(18)12-19/h1-2,5,7,14H,3-4,6,8-12,17H2. The van der Waals surface area contributed by atoms with E-state index in [2.05, 4.69) is 4.90 Å². The third-order valence-electron chi connectivity index (χ3n) is 4.55. The third kappa shape index (κ3) is 2.80. The molecule has 2 N–H and O–H groups in total. The largest absolute Gasteiger partial charge is 0.398 e. The van der Waals surface area contributed by atoms with Crippen molar-refractivity contribution < 1.29 is 4.79 Å². The lowest BCUT2D eigenvalue weighted by Crippen LogP contribution is -2.40. The molecule has 1 aromatic carbocycles. The molecule has 2 fully saturated rings. The highest BCUT2D eigenvalue weighted by Crippen LogP contribution is 2.22. The molecular formula is C16H23N3O. The van der Waals surface area contributed by atoms with Crippen molar-refractivity contribution in [1.29, 1.82) is 0 Å². The van der Waals surface area contributed by atoms with Gasteiger partial charge in [-0.15, -0.1) is 0 Å². The van der Waals surface area contributed by atoms with Gasteiger partial charge in [0.15, 0.2) is 0 Å². The molecule has 0 bridgehead atoms. The SMILES string of the molecule is Nc1ccccc1CC(=O)N1CCCN2CCCC2C1. The van der Waals surface area contributed by atoms with Gasteiger partial charge in [-0.05, 0) is 37.4 Å². The molecule has 20 heavy (non-hydrogen) atoms. The van der Waals surface area contributed by atoms with E-state index < -0.39 is 0 Å². The highest BCUT2D eigenvalue weighted by atomic mass is 16.2. The second-order valence-corrected chi connectivity index (χ2v) is 5.90. The summed E-state index contributed by atoms with van der Waals surface area (Å²) in [7, 11) is 0. The predicted octanol–water partition coefficient (Wildman–Crippen LogP) is 1.51. The lowest BCUT2D eigenvalue weighted by molar-refractivity contribution is -0.130.